The van der Waals surface area contributed by atoms with E-state index in [1.165, 1.54) is 19.2 Å². The van der Waals surface area contributed by atoms with Gasteiger partial charge >= 0.3 is 0 Å². The largest absolute Gasteiger partial charge is 0.338 e. The quantitative estimate of drug-likeness (QED) is 0.588. The van der Waals surface area contributed by atoms with E-state index in [4.69, 9.17) is 27.7 Å². The van der Waals surface area contributed by atoms with Crippen molar-refractivity contribution in [1.82, 2.24) is 14.4 Å². The van der Waals surface area contributed by atoms with Gasteiger partial charge in [0.05, 0.1) is 12.3 Å². The van der Waals surface area contributed by atoms with E-state index in [1.54, 1.807) is 24.3 Å². The molecule has 142 valence electrons. The number of benzene rings is 2. The number of rotatable bonds is 6. The molecule has 0 aliphatic carbocycles. The average Bonchev–Trinajstić information content (AvgIpc) is 3.07. The lowest BCUT2D eigenvalue weighted by atomic mass is 10.2. The van der Waals surface area contributed by atoms with Crippen molar-refractivity contribution < 1.29 is 17.3 Å². The summed E-state index contributed by atoms with van der Waals surface area (Å²) in [5.74, 6) is -0.878. The minimum Gasteiger partial charge on any atom is -0.338 e. The average molecular weight is 430 g/mol. The highest BCUT2D eigenvalue weighted by molar-refractivity contribution is 7.88. The molecule has 2 aromatic carbocycles. The lowest BCUT2D eigenvalue weighted by Crippen LogP contribution is -2.28. The molecule has 0 atom stereocenters. The van der Waals surface area contributed by atoms with Gasteiger partial charge in [-0.1, -0.05) is 46.6 Å². The van der Waals surface area contributed by atoms with Crippen molar-refractivity contribution in [3.05, 3.63) is 69.8 Å². The van der Waals surface area contributed by atoms with Crippen LogP contribution in [0.1, 0.15) is 11.5 Å². The van der Waals surface area contributed by atoms with E-state index < -0.39 is 21.6 Å². The second kappa shape index (κ2) is 7.93. The minimum absolute atomic E-state index is 0.0491. The van der Waals surface area contributed by atoms with Gasteiger partial charge < -0.3 is 4.52 Å². The Hall–Kier alpha value is -2.00. The molecular formula is C17H14Cl2FN3O3S. The molecule has 1 heterocycles. The van der Waals surface area contributed by atoms with Crippen LogP contribution in [0.2, 0.25) is 10.0 Å². The molecule has 0 saturated carbocycles. The van der Waals surface area contributed by atoms with E-state index in [0.717, 1.165) is 10.4 Å². The molecular weight excluding hydrogens is 416 g/mol. The number of hydrogen-bond acceptors (Lipinski definition) is 5. The molecule has 0 unspecified atom stereocenters. The van der Waals surface area contributed by atoms with Crippen LogP contribution in [0.25, 0.3) is 11.4 Å². The smallest absolute Gasteiger partial charge is 0.242 e. The Labute approximate surface area is 165 Å². The maximum atomic E-state index is 13.9. The Morgan fingerprint density at radius 3 is 2.63 bits per heavy atom. The van der Waals surface area contributed by atoms with E-state index >= 15 is 0 Å². The van der Waals surface area contributed by atoms with Crippen LogP contribution in [0, 0.1) is 5.82 Å². The summed E-state index contributed by atoms with van der Waals surface area (Å²) in [6, 6.07) is 10.9. The molecule has 0 amide bonds. The van der Waals surface area contributed by atoms with Crippen LogP contribution in [0.15, 0.2) is 47.0 Å². The van der Waals surface area contributed by atoms with Gasteiger partial charge in [0.1, 0.15) is 5.82 Å². The maximum Gasteiger partial charge on any atom is 0.242 e. The van der Waals surface area contributed by atoms with Gasteiger partial charge in [0, 0.05) is 28.2 Å². The van der Waals surface area contributed by atoms with Gasteiger partial charge in [0.2, 0.25) is 21.7 Å². The second-order valence-corrected chi connectivity index (χ2v) is 8.65. The van der Waals surface area contributed by atoms with E-state index in [-0.39, 0.29) is 28.8 Å². The van der Waals surface area contributed by atoms with Crippen molar-refractivity contribution >= 4 is 33.2 Å². The zero-order valence-corrected chi connectivity index (χ0v) is 16.4. The number of sulfonamides is 1. The fraction of sp³-hybridized carbons (Fsp3) is 0.176. The number of hydrogen-bond donors (Lipinski definition) is 0. The molecule has 10 heteroatoms. The van der Waals surface area contributed by atoms with Gasteiger partial charge in [-0.3, -0.25) is 0 Å². The topological polar surface area (TPSA) is 76.3 Å². The zero-order chi connectivity index (χ0) is 19.6. The highest BCUT2D eigenvalue weighted by atomic mass is 35.5. The third-order valence-corrected chi connectivity index (χ3v) is 6.09. The standard InChI is InChI=1S/C17H14Cl2FN3O3S/c1-23(27(24,25)10-13-14(19)6-3-7-15(13)20)9-16-21-17(22-26-16)11-4-2-5-12(18)8-11/h2-8H,9-10H2,1H3. The molecule has 6 nitrogen and oxygen atoms in total. The van der Waals surface area contributed by atoms with E-state index in [9.17, 15) is 12.8 Å². The Kier molecular flexibility index (Phi) is 5.81. The van der Waals surface area contributed by atoms with Crippen molar-refractivity contribution in [2.24, 2.45) is 0 Å². The van der Waals surface area contributed by atoms with Crippen LogP contribution in [-0.2, 0) is 22.3 Å². The van der Waals surface area contributed by atoms with Gasteiger partial charge in [-0.25, -0.2) is 12.8 Å². The van der Waals surface area contributed by atoms with Crippen molar-refractivity contribution in [1.29, 1.82) is 0 Å². The molecule has 0 aliphatic rings. The molecule has 3 rings (SSSR count). The number of nitrogens with zero attached hydrogens (tertiary/aromatic N) is 3. The Morgan fingerprint density at radius 2 is 1.93 bits per heavy atom. The van der Waals surface area contributed by atoms with Gasteiger partial charge in [-0.2, -0.15) is 9.29 Å². The number of aromatic nitrogens is 2. The lowest BCUT2D eigenvalue weighted by Gasteiger charge is -2.16. The van der Waals surface area contributed by atoms with Crippen molar-refractivity contribution in [2.75, 3.05) is 7.05 Å². The maximum absolute atomic E-state index is 13.9. The fourth-order valence-corrected chi connectivity index (χ4v) is 4.00. The first kappa shape index (κ1) is 19.8. The summed E-state index contributed by atoms with van der Waals surface area (Å²) in [6.45, 7) is -0.165. The van der Waals surface area contributed by atoms with Crippen LogP contribution in [0.5, 0.6) is 0 Å². The Morgan fingerprint density at radius 1 is 1.19 bits per heavy atom. The first-order valence-electron chi connectivity index (χ1n) is 7.71. The third kappa shape index (κ3) is 4.65. The molecule has 0 aliphatic heterocycles. The van der Waals surface area contributed by atoms with E-state index in [1.807, 2.05) is 0 Å². The molecule has 0 spiro atoms. The van der Waals surface area contributed by atoms with Gasteiger partial charge in [0.15, 0.2) is 0 Å². The van der Waals surface area contributed by atoms with E-state index in [2.05, 4.69) is 10.1 Å². The van der Waals surface area contributed by atoms with Crippen molar-refractivity contribution in [3.8, 4) is 11.4 Å². The van der Waals surface area contributed by atoms with E-state index in [0.29, 0.717) is 10.6 Å². The van der Waals surface area contributed by atoms with Crippen LogP contribution in [-0.4, -0.2) is 29.9 Å². The van der Waals surface area contributed by atoms with Gasteiger partial charge in [0.25, 0.3) is 0 Å². The zero-order valence-electron chi connectivity index (χ0n) is 14.1. The summed E-state index contributed by atoms with van der Waals surface area (Å²) in [4.78, 5) is 4.17. The van der Waals surface area contributed by atoms with Crippen LogP contribution >= 0.6 is 23.2 Å². The highest BCUT2D eigenvalue weighted by Gasteiger charge is 2.24. The van der Waals surface area contributed by atoms with Crippen molar-refractivity contribution in [3.63, 3.8) is 0 Å². The predicted molar refractivity (Wildman–Crippen MR) is 100 cm³/mol. The van der Waals surface area contributed by atoms with Crippen LogP contribution in [0.4, 0.5) is 4.39 Å². The molecule has 27 heavy (non-hydrogen) atoms. The molecule has 0 fully saturated rings. The predicted octanol–water partition coefficient (Wildman–Crippen LogP) is 4.14. The summed E-state index contributed by atoms with van der Waals surface area (Å²) in [6.07, 6.45) is 0. The first-order valence-corrected chi connectivity index (χ1v) is 10.1. The minimum atomic E-state index is -3.86. The van der Waals surface area contributed by atoms with Gasteiger partial charge in [-0.15, -0.1) is 0 Å². The first-order chi connectivity index (χ1) is 12.8. The molecule has 0 saturated heterocycles. The molecule has 1 aromatic heterocycles. The summed E-state index contributed by atoms with van der Waals surface area (Å²) >= 11 is 11.8. The molecule has 0 N–H and O–H groups in total. The van der Waals surface area contributed by atoms with Gasteiger partial charge in [-0.05, 0) is 24.3 Å². The molecule has 3 aromatic rings. The monoisotopic (exact) mass is 429 g/mol. The summed E-state index contributed by atoms with van der Waals surface area (Å²) in [5, 5.41) is 4.39. The SMILES string of the molecule is CN(Cc1nc(-c2cccc(Cl)c2)no1)S(=O)(=O)Cc1c(F)cccc1Cl. The molecule has 0 bridgehead atoms. The second-order valence-electron chi connectivity index (χ2n) is 5.73. The van der Waals surface area contributed by atoms with Crippen LogP contribution in [0.3, 0.4) is 0 Å². The van der Waals surface area contributed by atoms with Crippen molar-refractivity contribution in [2.45, 2.75) is 12.3 Å². The fourth-order valence-electron chi connectivity index (χ4n) is 2.32. The highest BCUT2D eigenvalue weighted by Crippen LogP contribution is 2.24. The summed E-state index contributed by atoms with van der Waals surface area (Å²) in [7, 11) is -2.52. The van der Waals surface area contributed by atoms with Crippen LogP contribution < -0.4 is 0 Å². The lowest BCUT2D eigenvalue weighted by molar-refractivity contribution is 0.336. The Balaban J connectivity index is 1.76. The third-order valence-electron chi connectivity index (χ3n) is 3.77. The normalized spacial score (nSPS) is 11.9. The summed E-state index contributed by atoms with van der Waals surface area (Å²) in [5.41, 5.74) is 0.553. The summed E-state index contributed by atoms with van der Waals surface area (Å²) < 4.78 is 45.0. The number of halogens is 3. The Bertz CT molecular complexity index is 1050. The molecule has 0 radical (unpaired) electrons.